The predicted molar refractivity (Wildman–Crippen MR) is 83.3 cm³/mol. The molecule has 2 aromatic rings. The summed E-state index contributed by atoms with van der Waals surface area (Å²) in [5.41, 5.74) is 5.74. The molecule has 0 bridgehead atoms. The first-order chi connectivity index (χ1) is 10.2. The first-order valence-electron chi connectivity index (χ1n) is 7.36. The van der Waals surface area contributed by atoms with Crippen molar-refractivity contribution >= 4 is 5.91 Å². The quantitative estimate of drug-likeness (QED) is 0.799. The lowest BCUT2D eigenvalue weighted by Crippen LogP contribution is -2.33. The van der Waals surface area contributed by atoms with Crippen LogP contribution in [0.15, 0.2) is 42.5 Å². The summed E-state index contributed by atoms with van der Waals surface area (Å²) in [4.78, 5) is 14.1. The number of aliphatic hydroxyl groups is 1. The summed E-state index contributed by atoms with van der Waals surface area (Å²) < 4.78 is 0. The summed E-state index contributed by atoms with van der Waals surface area (Å²) >= 11 is 0. The maximum atomic E-state index is 12.5. The van der Waals surface area contributed by atoms with Crippen molar-refractivity contribution in [2.45, 2.75) is 13.3 Å². The Hall–Kier alpha value is -2.13. The molecule has 0 unspecified atom stereocenters. The van der Waals surface area contributed by atoms with Crippen LogP contribution in [0.4, 0.5) is 0 Å². The highest BCUT2D eigenvalue weighted by Crippen LogP contribution is 2.36. The average molecular weight is 281 g/mol. The van der Waals surface area contributed by atoms with Gasteiger partial charge in [-0.1, -0.05) is 30.3 Å². The molecule has 2 aromatic carbocycles. The third-order valence-electron chi connectivity index (χ3n) is 4.08. The zero-order valence-electron chi connectivity index (χ0n) is 12.2. The SMILES string of the molecule is CCN(CCO)C(=O)c1ccc2c(c1)Cc1ccccc1-2. The van der Waals surface area contributed by atoms with Crippen molar-refractivity contribution < 1.29 is 9.90 Å². The second-order valence-electron chi connectivity index (χ2n) is 5.31. The van der Waals surface area contributed by atoms with Crippen LogP contribution in [0, 0.1) is 0 Å². The molecule has 3 nitrogen and oxygen atoms in total. The van der Waals surface area contributed by atoms with Crippen LogP contribution in [-0.4, -0.2) is 35.6 Å². The van der Waals surface area contributed by atoms with Gasteiger partial charge in [0.25, 0.3) is 5.91 Å². The molecule has 1 aliphatic rings. The number of amides is 1. The maximum absolute atomic E-state index is 12.5. The summed E-state index contributed by atoms with van der Waals surface area (Å²) in [5, 5.41) is 9.04. The number of likely N-dealkylation sites (N-methyl/N-ethyl adjacent to an activating group) is 1. The number of benzene rings is 2. The summed E-state index contributed by atoms with van der Waals surface area (Å²) in [5.74, 6) is -0.00898. The lowest BCUT2D eigenvalue weighted by Gasteiger charge is -2.20. The van der Waals surface area contributed by atoms with Gasteiger partial charge in [-0.2, -0.15) is 0 Å². The minimum Gasteiger partial charge on any atom is -0.395 e. The Labute approximate surface area is 124 Å². The van der Waals surface area contributed by atoms with Crippen molar-refractivity contribution in [2.24, 2.45) is 0 Å². The number of hydrogen-bond donors (Lipinski definition) is 1. The first kappa shape index (κ1) is 13.8. The van der Waals surface area contributed by atoms with Gasteiger partial charge in [-0.3, -0.25) is 4.79 Å². The van der Waals surface area contributed by atoms with E-state index >= 15 is 0 Å². The Morgan fingerprint density at radius 1 is 1.14 bits per heavy atom. The van der Waals surface area contributed by atoms with E-state index in [2.05, 4.69) is 18.2 Å². The van der Waals surface area contributed by atoms with Gasteiger partial charge in [-0.25, -0.2) is 0 Å². The lowest BCUT2D eigenvalue weighted by atomic mass is 10.0. The summed E-state index contributed by atoms with van der Waals surface area (Å²) in [6.07, 6.45) is 0.888. The zero-order chi connectivity index (χ0) is 14.8. The zero-order valence-corrected chi connectivity index (χ0v) is 12.2. The van der Waals surface area contributed by atoms with Gasteiger partial charge >= 0.3 is 0 Å². The number of aliphatic hydroxyl groups excluding tert-OH is 1. The molecule has 3 heteroatoms. The normalized spacial score (nSPS) is 11.9. The highest BCUT2D eigenvalue weighted by atomic mass is 16.3. The Bertz CT molecular complexity index is 679. The Morgan fingerprint density at radius 3 is 2.67 bits per heavy atom. The van der Waals surface area contributed by atoms with Gasteiger partial charge in [0.05, 0.1) is 6.61 Å². The van der Waals surface area contributed by atoms with E-state index in [1.54, 1.807) is 4.90 Å². The van der Waals surface area contributed by atoms with Gasteiger partial charge in [0.15, 0.2) is 0 Å². The molecule has 0 spiro atoms. The smallest absolute Gasteiger partial charge is 0.253 e. The molecule has 108 valence electrons. The molecular formula is C18H19NO2. The number of rotatable bonds is 4. The third kappa shape index (κ3) is 2.45. The second-order valence-corrected chi connectivity index (χ2v) is 5.31. The predicted octanol–water partition coefficient (Wildman–Crippen LogP) is 2.71. The van der Waals surface area contributed by atoms with Crippen molar-refractivity contribution in [3.63, 3.8) is 0 Å². The van der Waals surface area contributed by atoms with Crippen LogP contribution in [0.2, 0.25) is 0 Å². The van der Waals surface area contributed by atoms with E-state index in [1.807, 2.05) is 31.2 Å². The standard InChI is InChI=1S/C18H19NO2/c1-2-19(9-10-20)18(21)14-7-8-17-15(12-14)11-13-5-3-4-6-16(13)17/h3-8,12,20H,2,9-11H2,1H3. The molecular weight excluding hydrogens is 262 g/mol. The summed E-state index contributed by atoms with van der Waals surface area (Å²) in [6.45, 7) is 2.91. The molecule has 0 aromatic heterocycles. The van der Waals surface area contributed by atoms with E-state index in [0.717, 1.165) is 6.42 Å². The Morgan fingerprint density at radius 2 is 1.90 bits per heavy atom. The molecule has 3 rings (SSSR count). The number of carbonyl (C=O) groups excluding carboxylic acids is 1. The fraction of sp³-hybridized carbons (Fsp3) is 0.278. The molecule has 0 heterocycles. The van der Waals surface area contributed by atoms with E-state index < -0.39 is 0 Å². The lowest BCUT2D eigenvalue weighted by molar-refractivity contribution is 0.0732. The Kier molecular flexibility index (Phi) is 3.76. The van der Waals surface area contributed by atoms with Crippen molar-refractivity contribution in [1.29, 1.82) is 0 Å². The number of fused-ring (bicyclic) bond motifs is 3. The van der Waals surface area contributed by atoms with Gasteiger partial charge < -0.3 is 10.0 Å². The van der Waals surface area contributed by atoms with Gasteiger partial charge in [-0.15, -0.1) is 0 Å². The Balaban J connectivity index is 1.92. The van der Waals surface area contributed by atoms with E-state index in [0.29, 0.717) is 18.7 Å². The highest BCUT2D eigenvalue weighted by molar-refractivity contribution is 5.95. The summed E-state index contributed by atoms with van der Waals surface area (Å²) in [7, 11) is 0. The maximum Gasteiger partial charge on any atom is 0.253 e. The molecule has 0 atom stereocenters. The monoisotopic (exact) mass is 281 g/mol. The van der Waals surface area contributed by atoms with Crippen molar-refractivity contribution in [1.82, 2.24) is 4.90 Å². The third-order valence-corrected chi connectivity index (χ3v) is 4.08. The molecule has 0 fully saturated rings. The van der Waals surface area contributed by atoms with E-state index in [1.165, 1.54) is 22.3 Å². The van der Waals surface area contributed by atoms with Crippen LogP contribution >= 0.6 is 0 Å². The van der Waals surface area contributed by atoms with Crippen molar-refractivity contribution in [3.05, 3.63) is 59.2 Å². The topological polar surface area (TPSA) is 40.5 Å². The minimum atomic E-state index is -0.00898. The van der Waals surface area contributed by atoms with Gasteiger partial charge in [0.1, 0.15) is 0 Å². The number of hydrogen-bond acceptors (Lipinski definition) is 2. The molecule has 1 aliphatic carbocycles. The minimum absolute atomic E-state index is 0.00401. The van der Waals surface area contributed by atoms with Gasteiger partial charge in [0.2, 0.25) is 0 Å². The van der Waals surface area contributed by atoms with Crippen LogP contribution in [0.5, 0.6) is 0 Å². The fourth-order valence-corrected chi connectivity index (χ4v) is 2.98. The molecule has 0 aliphatic heterocycles. The number of nitrogens with zero attached hydrogens (tertiary/aromatic N) is 1. The van der Waals surface area contributed by atoms with Crippen LogP contribution in [-0.2, 0) is 6.42 Å². The second kappa shape index (κ2) is 5.70. The van der Waals surface area contributed by atoms with Gasteiger partial charge in [0, 0.05) is 18.7 Å². The fourth-order valence-electron chi connectivity index (χ4n) is 2.98. The van der Waals surface area contributed by atoms with Crippen molar-refractivity contribution in [2.75, 3.05) is 19.7 Å². The first-order valence-corrected chi connectivity index (χ1v) is 7.36. The van der Waals surface area contributed by atoms with E-state index in [-0.39, 0.29) is 12.5 Å². The van der Waals surface area contributed by atoms with Crippen LogP contribution < -0.4 is 0 Å². The average Bonchev–Trinajstić information content (AvgIpc) is 2.89. The molecule has 0 saturated heterocycles. The molecule has 0 radical (unpaired) electrons. The van der Waals surface area contributed by atoms with Crippen LogP contribution in [0.25, 0.3) is 11.1 Å². The molecule has 1 amide bonds. The molecule has 1 N–H and O–H groups in total. The van der Waals surface area contributed by atoms with E-state index in [9.17, 15) is 4.79 Å². The largest absolute Gasteiger partial charge is 0.395 e. The van der Waals surface area contributed by atoms with Gasteiger partial charge in [-0.05, 0) is 47.7 Å². The van der Waals surface area contributed by atoms with Crippen molar-refractivity contribution in [3.8, 4) is 11.1 Å². The summed E-state index contributed by atoms with van der Waals surface area (Å²) in [6, 6.07) is 14.3. The molecule has 21 heavy (non-hydrogen) atoms. The molecule has 0 saturated carbocycles. The van der Waals surface area contributed by atoms with E-state index in [4.69, 9.17) is 5.11 Å². The highest BCUT2D eigenvalue weighted by Gasteiger charge is 2.20. The van der Waals surface area contributed by atoms with Crippen LogP contribution in [0.1, 0.15) is 28.4 Å². The number of carbonyl (C=O) groups is 1. The van der Waals surface area contributed by atoms with Crippen LogP contribution in [0.3, 0.4) is 0 Å².